The summed E-state index contributed by atoms with van der Waals surface area (Å²) < 4.78 is 0. The summed E-state index contributed by atoms with van der Waals surface area (Å²) in [6.07, 6.45) is 8.34. The Labute approximate surface area is 138 Å². The van der Waals surface area contributed by atoms with Crippen LogP contribution >= 0.6 is 0 Å². The molecule has 0 unspecified atom stereocenters. The van der Waals surface area contributed by atoms with Gasteiger partial charge in [0.05, 0.1) is 18.0 Å². The molecule has 0 radical (unpaired) electrons. The van der Waals surface area contributed by atoms with Gasteiger partial charge in [0.25, 0.3) is 0 Å². The van der Waals surface area contributed by atoms with Gasteiger partial charge in [-0.3, -0.25) is 0 Å². The third-order valence-corrected chi connectivity index (χ3v) is 3.03. The van der Waals surface area contributed by atoms with Crippen molar-refractivity contribution in [3.63, 3.8) is 0 Å². The summed E-state index contributed by atoms with van der Waals surface area (Å²) in [7, 11) is 1.84. The summed E-state index contributed by atoms with van der Waals surface area (Å²) in [5, 5.41) is 20.3. The lowest BCUT2D eigenvalue weighted by Gasteiger charge is -2.23. The Morgan fingerprint density at radius 1 is 1.26 bits per heavy atom. The SMILES string of the molecule is C=C(/C=C\C=C/NC)/N=N\c1ccc(N(CCC)CCO)cc1. The van der Waals surface area contributed by atoms with Crippen molar-refractivity contribution in [1.29, 1.82) is 0 Å². The van der Waals surface area contributed by atoms with Crippen LogP contribution in [0.25, 0.3) is 0 Å². The zero-order valence-corrected chi connectivity index (χ0v) is 13.9. The third kappa shape index (κ3) is 7.42. The normalized spacial score (nSPS) is 11.6. The van der Waals surface area contributed by atoms with Crippen molar-refractivity contribution < 1.29 is 5.11 Å². The quantitative estimate of drug-likeness (QED) is 0.510. The number of azo groups is 1. The molecule has 23 heavy (non-hydrogen) atoms. The van der Waals surface area contributed by atoms with E-state index in [0.29, 0.717) is 12.2 Å². The fourth-order valence-corrected chi connectivity index (χ4v) is 1.96. The van der Waals surface area contributed by atoms with Gasteiger partial charge in [-0.15, -0.1) is 0 Å². The van der Waals surface area contributed by atoms with Gasteiger partial charge in [0.2, 0.25) is 0 Å². The molecule has 0 amide bonds. The molecular weight excluding hydrogens is 288 g/mol. The Hall–Kier alpha value is -2.40. The molecule has 0 heterocycles. The first-order valence-corrected chi connectivity index (χ1v) is 7.78. The van der Waals surface area contributed by atoms with Crippen molar-refractivity contribution in [2.45, 2.75) is 13.3 Å². The van der Waals surface area contributed by atoms with Crippen molar-refractivity contribution in [3.05, 3.63) is 61.0 Å². The molecule has 1 rings (SSSR count). The summed E-state index contributed by atoms with van der Waals surface area (Å²) >= 11 is 0. The highest BCUT2D eigenvalue weighted by Crippen LogP contribution is 2.20. The molecule has 0 spiro atoms. The third-order valence-electron chi connectivity index (χ3n) is 3.03. The zero-order chi connectivity index (χ0) is 16.9. The largest absolute Gasteiger partial charge is 0.395 e. The average Bonchev–Trinajstić information content (AvgIpc) is 2.57. The number of aliphatic hydroxyl groups is 1. The van der Waals surface area contributed by atoms with Gasteiger partial charge in [-0.05, 0) is 49.0 Å². The summed E-state index contributed by atoms with van der Waals surface area (Å²) in [6.45, 7) is 7.65. The number of anilines is 1. The van der Waals surface area contributed by atoms with Crippen molar-refractivity contribution >= 4 is 11.4 Å². The highest BCUT2D eigenvalue weighted by Gasteiger charge is 2.04. The first-order chi connectivity index (χ1) is 11.2. The second-order valence-electron chi connectivity index (χ2n) is 4.93. The van der Waals surface area contributed by atoms with Crippen molar-refractivity contribution in [3.8, 4) is 0 Å². The Morgan fingerprint density at radius 2 is 2.00 bits per heavy atom. The van der Waals surface area contributed by atoms with Crippen molar-refractivity contribution in [2.24, 2.45) is 10.2 Å². The van der Waals surface area contributed by atoms with E-state index >= 15 is 0 Å². The van der Waals surface area contributed by atoms with Gasteiger partial charge in [0.15, 0.2) is 0 Å². The average molecular weight is 314 g/mol. The topological polar surface area (TPSA) is 60.2 Å². The maximum atomic E-state index is 9.13. The lowest BCUT2D eigenvalue weighted by Crippen LogP contribution is -2.27. The lowest BCUT2D eigenvalue weighted by atomic mass is 10.2. The number of nitrogens with one attached hydrogen (secondary N) is 1. The van der Waals surface area contributed by atoms with E-state index < -0.39 is 0 Å². The van der Waals surface area contributed by atoms with E-state index in [9.17, 15) is 0 Å². The van der Waals surface area contributed by atoms with E-state index in [0.717, 1.165) is 24.3 Å². The Bertz CT molecular complexity index is 541. The minimum absolute atomic E-state index is 0.148. The fourth-order valence-electron chi connectivity index (χ4n) is 1.96. The number of hydrogen-bond donors (Lipinski definition) is 2. The van der Waals surface area contributed by atoms with Crippen LogP contribution < -0.4 is 10.2 Å². The number of nitrogens with zero attached hydrogens (tertiary/aromatic N) is 3. The lowest BCUT2D eigenvalue weighted by molar-refractivity contribution is 0.302. The van der Waals surface area contributed by atoms with E-state index in [2.05, 4.69) is 33.9 Å². The molecule has 0 atom stereocenters. The summed E-state index contributed by atoms with van der Waals surface area (Å²) in [4.78, 5) is 2.15. The molecule has 0 aromatic heterocycles. The Kier molecular flexibility index (Phi) is 9.09. The minimum Gasteiger partial charge on any atom is -0.395 e. The van der Waals surface area contributed by atoms with Crippen LogP contribution in [0, 0.1) is 0 Å². The standard InChI is InChI=1S/C18H26N4O/c1-4-13-22(14-15-23)18-10-8-17(9-11-18)21-20-16(2)7-5-6-12-19-3/h5-12,19,23H,2,4,13-15H2,1,3H3/b7-5-,12-6-,21-20-. The number of hydrogen-bond acceptors (Lipinski definition) is 5. The maximum absolute atomic E-state index is 9.13. The van der Waals surface area contributed by atoms with Crippen molar-refractivity contribution in [2.75, 3.05) is 31.6 Å². The highest BCUT2D eigenvalue weighted by atomic mass is 16.3. The molecule has 2 N–H and O–H groups in total. The molecule has 5 heteroatoms. The monoisotopic (exact) mass is 314 g/mol. The molecule has 0 saturated heterocycles. The van der Waals surface area contributed by atoms with Gasteiger partial charge in [-0.1, -0.05) is 19.6 Å². The molecule has 1 aromatic carbocycles. The van der Waals surface area contributed by atoms with Gasteiger partial charge in [-0.2, -0.15) is 10.2 Å². The van der Waals surface area contributed by atoms with Crippen LogP contribution in [0.15, 0.2) is 71.2 Å². The van der Waals surface area contributed by atoms with E-state index in [1.165, 1.54) is 0 Å². The predicted molar refractivity (Wildman–Crippen MR) is 97.0 cm³/mol. The van der Waals surface area contributed by atoms with Gasteiger partial charge in [-0.25, -0.2) is 0 Å². The first kappa shape index (κ1) is 18.6. The maximum Gasteiger partial charge on any atom is 0.0858 e. The predicted octanol–water partition coefficient (Wildman–Crippen LogP) is 3.78. The van der Waals surface area contributed by atoms with Crippen LogP contribution in [-0.2, 0) is 0 Å². The van der Waals surface area contributed by atoms with Gasteiger partial charge in [0.1, 0.15) is 0 Å². The molecular formula is C18H26N4O. The van der Waals surface area contributed by atoms with Crippen LogP contribution in [0.2, 0.25) is 0 Å². The number of rotatable bonds is 10. The summed E-state index contributed by atoms with van der Waals surface area (Å²) in [5.74, 6) is 0. The Morgan fingerprint density at radius 3 is 2.61 bits per heavy atom. The summed E-state index contributed by atoms with van der Waals surface area (Å²) in [5.41, 5.74) is 2.44. The molecule has 0 saturated carbocycles. The minimum atomic E-state index is 0.148. The molecule has 5 nitrogen and oxygen atoms in total. The fraction of sp³-hybridized carbons (Fsp3) is 0.333. The van der Waals surface area contributed by atoms with Crippen molar-refractivity contribution in [1.82, 2.24) is 5.32 Å². The van der Waals surface area contributed by atoms with Gasteiger partial charge < -0.3 is 15.3 Å². The number of benzene rings is 1. The molecule has 0 fully saturated rings. The molecule has 0 aliphatic carbocycles. The second kappa shape index (κ2) is 11.2. The van der Waals surface area contributed by atoms with E-state index in [1.807, 2.05) is 49.7 Å². The van der Waals surface area contributed by atoms with Crippen LogP contribution in [0.5, 0.6) is 0 Å². The molecule has 0 aliphatic rings. The molecule has 0 bridgehead atoms. The zero-order valence-electron chi connectivity index (χ0n) is 13.9. The highest BCUT2D eigenvalue weighted by molar-refractivity contribution is 5.52. The van der Waals surface area contributed by atoms with Gasteiger partial charge in [0, 0.05) is 25.8 Å². The second-order valence-corrected chi connectivity index (χ2v) is 4.93. The first-order valence-electron chi connectivity index (χ1n) is 7.78. The van der Waals surface area contributed by atoms with E-state index in [-0.39, 0.29) is 6.61 Å². The molecule has 124 valence electrons. The van der Waals surface area contributed by atoms with Gasteiger partial charge >= 0.3 is 0 Å². The molecule has 0 aliphatic heterocycles. The molecule has 1 aromatic rings. The number of aliphatic hydroxyl groups excluding tert-OH is 1. The smallest absolute Gasteiger partial charge is 0.0858 e. The van der Waals surface area contributed by atoms with E-state index in [1.54, 1.807) is 6.08 Å². The van der Waals surface area contributed by atoms with Crippen LogP contribution in [0.4, 0.5) is 11.4 Å². The van der Waals surface area contributed by atoms with Crippen LogP contribution in [-0.4, -0.2) is 31.9 Å². The number of allylic oxidation sites excluding steroid dienone is 3. The van der Waals surface area contributed by atoms with E-state index in [4.69, 9.17) is 5.11 Å². The Balaban J connectivity index is 2.65. The summed E-state index contributed by atoms with van der Waals surface area (Å²) in [6, 6.07) is 7.81. The van der Waals surface area contributed by atoms with Crippen LogP contribution in [0.3, 0.4) is 0 Å². The van der Waals surface area contributed by atoms with Crippen LogP contribution in [0.1, 0.15) is 13.3 Å².